The molecule has 0 bridgehead atoms. The molecule has 1 N–H and O–H groups in total. The highest BCUT2D eigenvalue weighted by Gasteiger charge is 2.34. The van der Waals surface area contributed by atoms with Crippen molar-refractivity contribution in [3.05, 3.63) is 28.8 Å². The lowest BCUT2D eigenvalue weighted by Crippen LogP contribution is -2.15. The van der Waals surface area contributed by atoms with E-state index < -0.39 is 16.8 Å². The quantitative estimate of drug-likeness (QED) is 0.681. The molecule has 1 aromatic carbocycles. The van der Waals surface area contributed by atoms with Gasteiger partial charge in [-0.3, -0.25) is 10.2 Å². The molecule has 0 aliphatic heterocycles. The van der Waals surface area contributed by atoms with Gasteiger partial charge in [-0.05, 0) is 31.0 Å². The molecule has 0 radical (unpaired) electrons. The molecule has 110 valence electrons. The molecular weight excluding hydrogens is 307 g/mol. The number of carbonyl (C=O) groups excluding carboxylic acids is 1. The Bertz CT molecular complexity index is 645. The van der Waals surface area contributed by atoms with Crippen molar-refractivity contribution in [1.29, 1.82) is 5.26 Å². The number of rotatable bonds is 4. The normalized spacial score (nSPS) is 15.5. The summed E-state index contributed by atoms with van der Waals surface area (Å²) in [4.78, 5) is 11.6. The second kappa shape index (κ2) is 5.74. The zero-order chi connectivity index (χ0) is 15.6. The SMILES string of the molecule is N#C/C(=N\Nc1ccc(C(F)(F)F)c(Cl)c1)C(=O)C1CC1. The van der Waals surface area contributed by atoms with Gasteiger partial charge in [-0.25, -0.2) is 0 Å². The third-order valence-corrected chi connectivity index (χ3v) is 3.17. The fourth-order valence-electron chi connectivity index (χ4n) is 1.61. The number of nitriles is 1. The number of Topliss-reactive ketones (excluding diaryl/α,β-unsaturated/α-hetero) is 1. The van der Waals surface area contributed by atoms with Crippen LogP contribution in [-0.2, 0) is 11.0 Å². The molecule has 1 aliphatic carbocycles. The first-order valence-corrected chi connectivity index (χ1v) is 6.35. The Morgan fingerprint density at radius 3 is 2.57 bits per heavy atom. The number of hydrogen-bond donors (Lipinski definition) is 1. The lowest BCUT2D eigenvalue weighted by Gasteiger charge is -2.10. The van der Waals surface area contributed by atoms with Crippen LogP contribution in [0.4, 0.5) is 18.9 Å². The van der Waals surface area contributed by atoms with Crippen molar-refractivity contribution in [3.8, 4) is 6.07 Å². The summed E-state index contributed by atoms with van der Waals surface area (Å²) < 4.78 is 37.6. The van der Waals surface area contributed by atoms with Gasteiger partial charge in [0.2, 0.25) is 5.71 Å². The van der Waals surface area contributed by atoms with E-state index in [0.717, 1.165) is 31.0 Å². The Morgan fingerprint density at radius 2 is 2.10 bits per heavy atom. The van der Waals surface area contributed by atoms with E-state index in [2.05, 4.69) is 10.5 Å². The van der Waals surface area contributed by atoms with Gasteiger partial charge in [-0.1, -0.05) is 11.6 Å². The van der Waals surface area contributed by atoms with Gasteiger partial charge in [-0.2, -0.15) is 23.5 Å². The highest BCUT2D eigenvalue weighted by molar-refractivity contribution is 6.47. The Kier molecular flexibility index (Phi) is 4.19. The van der Waals surface area contributed by atoms with Crippen molar-refractivity contribution >= 4 is 28.8 Å². The van der Waals surface area contributed by atoms with Crippen LogP contribution in [0, 0.1) is 17.2 Å². The number of anilines is 1. The second-order valence-electron chi connectivity index (χ2n) is 4.51. The van der Waals surface area contributed by atoms with E-state index in [1.54, 1.807) is 6.07 Å². The van der Waals surface area contributed by atoms with E-state index in [-0.39, 0.29) is 23.1 Å². The smallest absolute Gasteiger partial charge is 0.291 e. The molecule has 8 heteroatoms. The standard InChI is InChI=1S/C13H9ClF3N3O/c14-10-5-8(3-4-9(10)13(15,16)17)19-20-11(6-18)12(21)7-1-2-7/h3-5,7,19H,1-2H2/b20-11+. The molecule has 21 heavy (non-hydrogen) atoms. The van der Waals surface area contributed by atoms with Crippen LogP contribution in [0.3, 0.4) is 0 Å². The number of halogens is 4. The van der Waals surface area contributed by atoms with Crippen molar-refractivity contribution in [1.82, 2.24) is 0 Å². The van der Waals surface area contributed by atoms with Gasteiger partial charge in [-0.15, -0.1) is 0 Å². The molecule has 0 unspecified atom stereocenters. The van der Waals surface area contributed by atoms with Crippen LogP contribution in [-0.4, -0.2) is 11.5 Å². The minimum atomic E-state index is -4.54. The zero-order valence-corrected chi connectivity index (χ0v) is 11.3. The first-order valence-electron chi connectivity index (χ1n) is 5.97. The van der Waals surface area contributed by atoms with Crippen LogP contribution in [0.2, 0.25) is 5.02 Å². The Labute approximate surface area is 123 Å². The fourth-order valence-corrected chi connectivity index (χ4v) is 1.90. The lowest BCUT2D eigenvalue weighted by molar-refractivity contribution is -0.137. The fraction of sp³-hybridized carbons (Fsp3) is 0.308. The van der Waals surface area contributed by atoms with Crippen molar-refractivity contribution < 1.29 is 18.0 Å². The Hall–Kier alpha value is -2.07. The number of hydrazone groups is 1. The molecule has 0 saturated heterocycles. The number of nitrogens with one attached hydrogen (secondary N) is 1. The summed E-state index contributed by atoms with van der Waals surface area (Å²) in [5.74, 6) is -0.524. The summed E-state index contributed by atoms with van der Waals surface area (Å²) in [7, 11) is 0. The molecule has 0 spiro atoms. The molecule has 4 nitrogen and oxygen atoms in total. The van der Waals surface area contributed by atoms with E-state index >= 15 is 0 Å². The number of benzene rings is 1. The van der Waals surface area contributed by atoms with Gasteiger partial charge in [0.15, 0.2) is 5.78 Å². The minimum absolute atomic E-state index is 0.157. The van der Waals surface area contributed by atoms with Gasteiger partial charge in [0.05, 0.1) is 16.3 Å². The molecule has 1 saturated carbocycles. The summed E-state index contributed by atoms with van der Waals surface area (Å²) in [5, 5.41) is 12.0. The van der Waals surface area contributed by atoms with Crippen LogP contribution in [0.25, 0.3) is 0 Å². The second-order valence-corrected chi connectivity index (χ2v) is 4.92. The van der Waals surface area contributed by atoms with E-state index in [1.165, 1.54) is 0 Å². The first-order chi connectivity index (χ1) is 9.82. The summed E-state index contributed by atoms with van der Waals surface area (Å²) in [6.45, 7) is 0. The maximum Gasteiger partial charge on any atom is 0.417 e. The van der Waals surface area contributed by atoms with Crippen molar-refractivity contribution in [2.75, 3.05) is 5.43 Å². The molecule has 2 rings (SSSR count). The maximum atomic E-state index is 12.5. The van der Waals surface area contributed by atoms with Crippen molar-refractivity contribution in [3.63, 3.8) is 0 Å². The summed E-state index contributed by atoms with van der Waals surface area (Å²) >= 11 is 5.55. The summed E-state index contributed by atoms with van der Waals surface area (Å²) in [5.41, 5.74) is 1.27. The minimum Gasteiger partial charge on any atom is -0.291 e. The molecule has 0 heterocycles. The van der Waals surface area contributed by atoms with Crippen LogP contribution in [0.15, 0.2) is 23.3 Å². The number of carbonyl (C=O) groups is 1. The average molecular weight is 316 g/mol. The van der Waals surface area contributed by atoms with Crippen LogP contribution >= 0.6 is 11.6 Å². The third kappa shape index (κ3) is 3.73. The zero-order valence-electron chi connectivity index (χ0n) is 10.5. The predicted octanol–water partition coefficient (Wildman–Crippen LogP) is 3.63. The number of nitrogens with zero attached hydrogens (tertiary/aromatic N) is 2. The van der Waals surface area contributed by atoms with Gasteiger partial charge in [0.25, 0.3) is 0 Å². The van der Waals surface area contributed by atoms with Crippen LogP contribution in [0.1, 0.15) is 18.4 Å². The number of hydrogen-bond acceptors (Lipinski definition) is 4. The molecule has 1 aliphatic rings. The molecule has 1 aromatic rings. The summed E-state index contributed by atoms with van der Waals surface area (Å²) in [6.07, 6.45) is -3.09. The van der Waals surface area contributed by atoms with Crippen molar-refractivity contribution in [2.45, 2.75) is 19.0 Å². The maximum absolute atomic E-state index is 12.5. The van der Waals surface area contributed by atoms with E-state index in [1.807, 2.05) is 0 Å². The average Bonchev–Trinajstić information content (AvgIpc) is 3.22. The van der Waals surface area contributed by atoms with E-state index in [0.29, 0.717) is 0 Å². The number of alkyl halides is 3. The number of ketones is 1. The van der Waals surface area contributed by atoms with Gasteiger partial charge in [0.1, 0.15) is 6.07 Å². The highest BCUT2D eigenvalue weighted by Crippen LogP contribution is 2.36. The topological polar surface area (TPSA) is 65.2 Å². The van der Waals surface area contributed by atoms with Crippen LogP contribution < -0.4 is 5.43 Å². The largest absolute Gasteiger partial charge is 0.417 e. The Morgan fingerprint density at radius 1 is 1.43 bits per heavy atom. The first kappa shape index (κ1) is 15.3. The molecule has 0 atom stereocenters. The monoisotopic (exact) mass is 315 g/mol. The predicted molar refractivity (Wildman–Crippen MR) is 70.9 cm³/mol. The Balaban J connectivity index is 2.15. The van der Waals surface area contributed by atoms with Gasteiger partial charge < -0.3 is 0 Å². The summed E-state index contributed by atoms with van der Waals surface area (Å²) in [6, 6.07) is 4.62. The van der Waals surface area contributed by atoms with Crippen LogP contribution in [0.5, 0.6) is 0 Å². The van der Waals surface area contributed by atoms with Crippen molar-refractivity contribution in [2.24, 2.45) is 11.0 Å². The van der Waals surface area contributed by atoms with E-state index in [4.69, 9.17) is 16.9 Å². The molecule has 0 amide bonds. The third-order valence-electron chi connectivity index (χ3n) is 2.86. The molecule has 0 aromatic heterocycles. The highest BCUT2D eigenvalue weighted by atomic mass is 35.5. The lowest BCUT2D eigenvalue weighted by atomic mass is 10.2. The molecular formula is C13H9ClF3N3O. The molecule has 1 fully saturated rings. The van der Waals surface area contributed by atoms with Gasteiger partial charge in [0, 0.05) is 5.92 Å². The van der Waals surface area contributed by atoms with E-state index in [9.17, 15) is 18.0 Å². The van der Waals surface area contributed by atoms with Gasteiger partial charge >= 0.3 is 6.18 Å².